The highest BCUT2D eigenvalue weighted by Gasteiger charge is 2.35. The van der Waals surface area contributed by atoms with E-state index in [2.05, 4.69) is 49.7 Å². The van der Waals surface area contributed by atoms with Gasteiger partial charge in [0.25, 0.3) is 5.91 Å². The normalized spacial score (nSPS) is 26.3. The first-order chi connectivity index (χ1) is 10.3. The molecule has 2 heterocycles. The Morgan fingerprint density at radius 3 is 2.59 bits per heavy atom. The summed E-state index contributed by atoms with van der Waals surface area (Å²) in [4.78, 5) is 14.9. The molecule has 0 spiro atoms. The number of piperazine rings is 1. The highest BCUT2D eigenvalue weighted by Crippen LogP contribution is 2.41. The van der Waals surface area contributed by atoms with E-state index in [0.717, 1.165) is 13.1 Å². The van der Waals surface area contributed by atoms with Gasteiger partial charge >= 0.3 is 0 Å². The van der Waals surface area contributed by atoms with Crippen LogP contribution in [0.4, 0.5) is 0 Å². The first-order valence-electron chi connectivity index (χ1n) is 8.44. The van der Waals surface area contributed by atoms with E-state index in [0.29, 0.717) is 17.7 Å². The molecule has 1 aliphatic carbocycles. The average molecular weight is 304 g/mol. The summed E-state index contributed by atoms with van der Waals surface area (Å²) in [5.41, 5.74) is 1.75. The van der Waals surface area contributed by atoms with Gasteiger partial charge in [0.1, 0.15) is 0 Å². The van der Waals surface area contributed by atoms with Crippen molar-refractivity contribution in [3.05, 3.63) is 17.5 Å². The second-order valence-electron chi connectivity index (χ2n) is 7.79. The lowest BCUT2D eigenvalue weighted by atomic mass is 10.1. The zero-order chi connectivity index (χ0) is 16.1. The molecule has 0 radical (unpaired) electrons. The molecule has 2 atom stereocenters. The largest absolute Gasteiger partial charge is 0.332 e. The summed E-state index contributed by atoms with van der Waals surface area (Å²) < 4.78 is 2.06. The van der Waals surface area contributed by atoms with Gasteiger partial charge in [-0.05, 0) is 53.5 Å². The predicted molar refractivity (Wildman–Crippen MR) is 87.2 cm³/mol. The zero-order valence-corrected chi connectivity index (χ0v) is 14.4. The topological polar surface area (TPSA) is 50.2 Å². The van der Waals surface area contributed by atoms with Gasteiger partial charge in [-0.25, -0.2) is 0 Å². The molecular formula is C17H28N4O. The van der Waals surface area contributed by atoms with Crippen LogP contribution in [0.15, 0.2) is 6.07 Å². The van der Waals surface area contributed by atoms with E-state index in [4.69, 9.17) is 0 Å². The molecule has 1 aromatic heterocycles. The molecule has 1 aliphatic heterocycles. The maximum atomic E-state index is 12.9. The number of hydrogen-bond acceptors (Lipinski definition) is 3. The zero-order valence-electron chi connectivity index (χ0n) is 14.4. The number of amides is 1. The van der Waals surface area contributed by atoms with Crippen LogP contribution in [0.1, 0.15) is 69.6 Å². The summed E-state index contributed by atoms with van der Waals surface area (Å²) in [5.74, 6) is 0.665. The Morgan fingerprint density at radius 1 is 1.32 bits per heavy atom. The number of rotatable bonds is 2. The molecular weight excluding hydrogens is 276 g/mol. The highest BCUT2D eigenvalue weighted by molar-refractivity contribution is 5.92. The number of hydrogen-bond donors (Lipinski definition) is 1. The summed E-state index contributed by atoms with van der Waals surface area (Å²) in [6.45, 7) is 12.3. The van der Waals surface area contributed by atoms with Crippen molar-refractivity contribution < 1.29 is 4.79 Å². The van der Waals surface area contributed by atoms with Crippen molar-refractivity contribution in [2.45, 2.75) is 71.0 Å². The van der Waals surface area contributed by atoms with Crippen LogP contribution in [0.2, 0.25) is 0 Å². The highest BCUT2D eigenvalue weighted by atomic mass is 16.2. The van der Waals surface area contributed by atoms with E-state index in [-0.39, 0.29) is 17.5 Å². The Hall–Kier alpha value is -1.36. The van der Waals surface area contributed by atoms with E-state index in [1.54, 1.807) is 0 Å². The lowest BCUT2D eigenvalue weighted by Gasteiger charge is -2.38. The molecule has 1 N–H and O–H groups in total. The maximum Gasteiger partial charge on any atom is 0.274 e. The smallest absolute Gasteiger partial charge is 0.274 e. The minimum atomic E-state index is -0.0845. The van der Waals surface area contributed by atoms with Gasteiger partial charge < -0.3 is 10.2 Å². The standard InChI is InChI=1S/C17H28N4O/c1-11-12(2)20(9-8-18-11)16(22)14-10-15(13-6-7-13)21(19-14)17(3,4)5/h10-13,18H,6-9H2,1-5H3. The average Bonchev–Trinajstić information content (AvgIpc) is 3.18. The molecule has 0 bridgehead atoms. The summed E-state index contributed by atoms with van der Waals surface area (Å²) in [6.07, 6.45) is 2.44. The summed E-state index contributed by atoms with van der Waals surface area (Å²) in [6, 6.07) is 2.56. The van der Waals surface area contributed by atoms with Gasteiger partial charge in [0.15, 0.2) is 5.69 Å². The minimum Gasteiger partial charge on any atom is -0.332 e. The number of nitrogens with zero attached hydrogens (tertiary/aromatic N) is 3. The van der Waals surface area contributed by atoms with Crippen LogP contribution < -0.4 is 5.32 Å². The van der Waals surface area contributed by atoms with Gasteiger partial charge in [0.2, 0.25) is 0 Å². The lowest BCUT2D eigenvalue weighted by molar-refractivity contribution is 0.0595. The van der Waals surface area contributed by atoms with Gasteiger partial charge in [-0.2, -0.15) is 5.10 Å². The monoisotopic (exact) mass is 304 g/mol. The van der Waals surface area contributed by atoms with E-state index in [1.807, 2.05) is 11.0 Å². The third-order valence-corrected chi connectivity index (χ3v) is 4.88. The summed E-state index contributed by atoms with van der Waals surface area (Å²) in [5, 5.41) is 8.10. The molecule has 5 heteroatoms. The minimum absolute atomic E-state index is 0.0748. The third-order valence-electron chi connectivity index (χ3n) is 4.88. The Morgan fingerprint density at radius 2 is 2.00 bits per heavy atom. The predicted octanol–water partition coefficient (Wildman–Crippen LogP) is 2.34. The van der Waals surface area contributed by atoms with Crippen LogP contribution in [-0.4, -0.2) is 45.8 Å². The third kappa shape index (κ3) is 2.78. The Labute approximate surface area is 133 Å². The second-order valence-corrected chi connectivity index (χ2v) is 7.79. The van der Waals surface area contributed by atoms with Crippen molar-refractivity contribution in [3.8, 4) is 0 Å². The fourth-order valence-corrected chi connectivity index (χ4v) is 3.20. The van der Waals surface area contributed by atoms with Crippen LogP contribution in [-0.2, 0) is 5.54 Å². The van der Waals surface area contributed by atoms with Crippen molar-refractivity contribution in [2.75, 3.05) is 13.1 Å². The molecule has 3 rings (SSSR count). The fraction of sp³-hybridized carbons (Fsp3) is 0.765. The Balaban J connectivity index is 1.89. The van der Waals surface area contributed by atoms with E-state index < -0.39 is 0 Å². The van der Waals surface area contributed by atoms with E-state index in [9.17, 15) is 4.79 Å². The second kappa shape index (κ2) is 5.37. The summed E-state index contributed by atoms with van der Waals surface area (Å²) in [7, 11) is 0. The van der Waals surface area contributed by atoms with Gasteiger partial charge in [-0.1, -0.05) is 0 Å². The number of carbonyl (C=O) groups is 1. The van der Waals surface area contributed by atoms with Crippen LogP contribution in [0.3, 0.4) is 0 Å². The number of nitrogens with one attached hydrogen (secondary N) is 1. The van der Waals surface area contributed by atoms with E-state index >= 15 is 0 Å². The molecule has 1 saturated carbocycles. The molecule has 22 heavy (non-hydrogen) atoms. The quantitative estimate of drug-likeness (QED) is 0.912. The first kappa shape index (κ1) is 15.5. The molecule has 2 unspecified atom stereocenters. The molecule has 2 fully saturated rings. The van der Waals surface area contributed by atoms with Crippen LogP contribution in [0, 0.1) is 0 Å². The fourth-order valence-electron chi connectivity index (χ4n) is 3.20. The molecule has 122 valence electrons. The molecule has 1 saturated heterocycles. The van der Waals surface area contributed by atoms with Crippen LogP contribution >= 0.6 is 0 Å². The molecule has 1 aromatic rings. The number of aromatic nitrogens is 2. The van der Waals surface area contributed by atoms with Crippen molar-refractivity contribution >= 4 is 5.91 Å². The molecule has 1 amide bonds. The van der Waals surface area contributed by atoms with Crippen molar-refractivity contribution in [3.63, 3.8) is 0 Å². The maximum absolute atomic E-state index is 12.9. The van der Waals surface area contributed by atoms with Crippen molar-refractivity contribution in [1.29, 1.82) is 0 Å². The Kier molecular flexibility index (Phi) is 3.79. The molecule has 5 nitrogen and oxygen atoms in total. The van der Waals surface area contributed by atoms with Gasteiger partial charge in [0, 0.05) is 36.8 Å². The van der Waals surface area contributed by atoms with Gasteiger partial charge in [-0.15, -0.1) is 0 Å². The van der Waals surface area contributed by atoms with Crippen LogP contribution in [0.25, 0.3) is 0 Å². The summed E-state index contributed by atoms with van der Waals surface area (Å²) >= 11 is 0. The SMILES string of the molecule is CC1NCCN(C(=O)c2cc(C3CC3)n(C(C)(C)C)n2)C1C. The molecule has 0 aromatic carbocycles. The molecule has 2 aliphatic rings. The van der Waals surface area contributed by atoms with Crippen LogP contribution in [0.5, 0.6) is 0 Å². The Bertz CT molecular complexity index is 568. The first-order valence-corrected chi connectivity index (χ1v) is 8.44. The van der Waals surface area contributed by atoms with Gasteiger partial charge in [0.05, 0.1) is 5.54 Å². The number of carbonyl (C=O) groups excluding carboxylic acids is 1. The van der Waals surface area contributed by atoms with Crippen molar-refractivity contribution in [1.82, 2.24) is 20.0 Å². The van der Waals surface area contributed by atoms with E-state index in [1.165, 1.54) is 18.5 Å². The van der Waals surface area contributed by atoms with Gasteiger partial charge in [-0.3, -0.25) is 9.48 Å². The van der Waals surface area contributed by atoms with Crippen molar-refractivity contribution in [2.24, 2.45) is 0 Å². The lowest BCUT2D eigenvalue weighted by Crippen LogP contribution is -2.57.